The first-order valence-electron chi connectivity index (χ1n) is 8.74. The van der Waals surface area contributed by atoms with Crippen molar-refractivity contribution in [3.63, 3.8) is 0 Å². The van der Waals surface area contributed by atoms with Crippen LogP contribution < -0.4 is 10.2 Å². The first-order valence-corrected chi connectivity index (χ1v) is 8.74. The SMILES string of the molecule is Cc1ccc(N2CC(C(=O)NCCc3ccccc3)CC2=O)cc1C. The van der Waals surface area contributed by atoms with Crippen molar-refractivity contribution in [1.29, 1.82) is 0 Å². The molecule has 1 fully saturated rings. The molecule has 0 bridgehead atoms. The number of anilines is 1. The Morgan fingerprint density at radius 1 is 1.12 bits per heavy atom. The Morgan fingerprint density at radius 2 is 1.88 bits per heavy atom. The van der Waals surface area contributed by atoms with Crippen molar-refractivity contribution >= 4 is 17.5 Å². The lowest BCUT2D eigenvalue weighted by atomic mass is 10.1. The molecule has 2 aromatic rings. The molecule has 1 N–H and O–H groups in total. The normalized spacial score (nSPS) is 17.0. The molecule has 4 nitrogen and oxygen atoms in total. The van der Waals surface area contributed by atoms with Crippen molar-refractivity contribution in [2.45, 2.75) is 26.7 Å². The van der Waals surface area contributed by atoms with Crippen molar-refractivity contribution < 1.29 is 9.59 Å². The Balaban J connectivity index is 1.56. The summed E-state index contributed by atoms with van der Waals surface area (Å²) in [6, 6.07) is 16.1. The largest absolute Gasteiger partial charge is 0.355 e. The van der Waals surface area contributed by atoms with Crippen LogP contribution in [0.2, 0.25) is 0 Å². The second-order valence-corrected chi connectivity index (χ2v) is 6.70. The zero-order chi connectivity index (χ0) is 17.8. The number of hydrogen-bond acceptors (Lipinski definition) is 2. The van der Waals surface area contributed by atoms with Crippen LogP contribution in [-0.4, -0.2) is 24.9 Å². The average molecular weight is 336 g/mol. The van der Waals surface area contributed by atoms with Gasteiger partial charge in [0.15, 0.2) is 0 Å². The smallest absolute Gasteiger partial charge is 0.227 e. The molecule has 0 radical (unpaired) electrons. The van der Waals surface area contributed by atoms with Gasteiger partial charge in [-0.3, -0.25) is 9.59 Å². The molecule has 0 saturated carbocycles. The van der Waals surface area contributed by atoms with Crippen LogP contribution >= 0.6 is 0 Å². The van der Waals surface area contributed by atoms with E-state index < -0.39 is 0 Å². The molecule has 0 aromatic heterocycles. The lowest BCUT2D eigenvalue weighted by Crippen LogP contribution is -2.34. The van der Waals surface area contributed by atoms with Gasteiger partial charge in [0.05, 0.1) is 5.92 Å². The third-order valence-electron chi connectivity index (χ3n) is 4.85. The van der Waals surface area contributed by atoms with Crippen molar-refractivity contribution in [3.05, 3.63) is 65.2 Å². The maximum Gasteiger partial charge on any atom is 0.227 e. The molecule has 130 valence electrons. The topological polar surface area (TPSA) is 49.4 Å². The molecule has 1 saturated heterocycles. The lowest BCUT2D eigenvalue weighted by Gasteiger charge is -2.18. The van der Waals surface area contributed by atoms with Crippen LogP contribution in [-0.2, 0) is 16.0 Å². The minimum absolute atomic E-state index is 0.0199. The van der Waals surface area contributed by atoms with Gasteiger partial charge in [0, 0.05) is 25.2 Å². The van der Waals surface area contributed by atoms with Gasteiger partial charge in [0.1, 0.15) is 0 Å². The summed E-state index contributed by atoms with van der Waals surface area (Å²) in [5.74, 6) is -0.285. The van der Waals surface area contributed by atoms with Crippen LogP contribution in [0.3, 0.4) is 0 Å². The van der Waals surface area contributed by atoms with Gasteiger partial charge < -0.3 is 10.2 Å². The van der Waals surface area contributed by atoms with Crippen molar-refractivity contribution in [2.24, 2.45) is 5.92 Å². The summed E-state index contributed by atoms with van der Waals surface area (Å²) in [6.45, 7) is 5.14. The first kappa shape index (κ1) is 17.2. The van der Waals surface area contributed by atoms with E-state index in [0.717, 1.165) is 17.7 Å². The molecule has 3 rings (SSSR count). The van der Waals surface area contributed by atoms with Gasteiger partial charge in [0.25, 0.3) is 0 Å². The van der Waals surface area contributed by atoms with Crippen LogP contribution in [0, 0.1) is 19.8 Å². The van der Waals surface area contributed by atoms with Crippen LogP contribution in [0.4, 0.5) is 5.69 Å². The summed E-state index contributed by atoms with van der Waals surface area (Å²) >= 11 is 0. The zero-order valence-corrected chi connectivity index (χ0v) is 14.8. The van der Waals surface area contributed by atoms with Gasteiger partial charge in [0.2, 0.25) is 11.8 Å². The van der Waals surface area contributed by atoms with E-state index in [1.807, 2.05) is 62.4 Å². The van der Waals surface area contributed by atoms with Gasteiger partial charge >= 0.3 is 0 Å². The van der Waals surface area contributed by atoms with Crippen LogP contribution in [0.5, 0.6) is 0 Å². The van der Waals surface area contributed by atoms with E-state index in [9.17, 15) is 9.59 Å². The molecule has 0 aliphatic carbocycles. The van der Waals surface area contributed by atoms with E-state index in [1.165, 1.54) is 11.1 Å². The summed E-state index contributed by atoms with van der Waals surface area (Å²) in [7, 11) is 0. The highest BCUT2D eigenvalue weighted by Crippen LogP contribution is 2.26. The minimum Gasteiger partial charge on any atom is -0.355 e. The van der Waals surface area contributed by atoms with Crippen molar-refractivity contribution in [1.82, 2.24) is 5.32 Å². The molecule has 1 heterocycles. The molecular formula is C21H24N2O2. The van der Waals surface area contributed by atoms with Gasteiger partial charge in [-0.1, -0.05) is 36.4 Å². The summed E-state index contributed by atoms with van der Waals surface area (Å²) in [6.07, 6.45) is 1.08. The van der Waals surface area contributed by atoms with Crippen LogP contribution in [0.15, 0.2) is 48.5 Å². The maximum absolute atomic E-state index is 12.4. The van der Waals surface area contributed by atoms with E-state index in [0.29, 0.717) is 13.1 Å². The monoisotopic (exact) mass is 336 g/mol. The van der Waals surface area contributed by atoms with Crippen LogP contribution in [0.1, 0.15) is 23.1 Å². The highest BCUT2D eigenvalue weighted by molar-refractivity contribution is 6.00. The third-order valence-corrected chi connectivity index (χ3v) is 4.85. The van der Waals surface area contributed by atoms with Gasteiger partial charge in [-0.25, -0.2) is 0 Å². The van der Waals surface area contributed by atoms with E-state index in [1.54, 1.807) is 4.90 Å². The molecule has 25 heavy (non-hydrogen) atoms. The second kappa shape index (κ2) is 7.51. The minimum atomic E-state index is -0.273. The predicted octanol–water partition coefficient (Wildman–Crippen LogP) is 3.02. The van der Waals surface area contributed by atoms with Crippen LogP contribution in [0.25, 0.3) is 0 Å². The van der Waals surface area contributed by atoms with E-state index in [2.05, 4.69) is 5.32 Å². The Labute approximate surface area is 148 Å². The number of nitrogens with one attached hydrogen (secondary N) is 1. The second-order valence-electron chi connectivity index (χ2n) is 6.70. The standard InChI is InChI=1S/C21H24N2O2/c1-15-8-9-19(12-16(15)2)23-14-18(13-20(23)24)21(25)22-11-10-17-6-4-3-5-7-17/h3-9,12,18H,10-11,13-14H2,1-2H3,(H,22,25). The molecule has 1 aliphatic rings. The number of hydrogen-bond donors (Lipinski definition) is 1. The number of amides is 2. The fourth-order valence-electron chi connectivity index (χ4n) is 3.15. The lowest BCUT2D eigenvalue weighted by molar-refractivity contribution is -0.126. The van der Waals surface area contributed by atoms with Crippen molar-refractivity contribution in [2.75, 3.05) is 18.0 Å². The number of aryl methyl sites for hydroxylation is 2. The third kappa shape index (κ3) is 4.08. The fourth-order valence-corrected chi connectivity index (χ4v) is 3.15. The average Bonchev–Trinajstić information content (AvgIpc) is 3.00. The summed E-state index contributed by atoms with van der Waals surface area (Å²) in [5.41, 5.74) is 4.43. The molecule has 1 unspecified atom stereocenters. The van der Waals surface area contributed by atoms with Gasteiger partial charge in [-0.2, -0.15) is 0 Å². The number of benzene rings is 2. The first-order chi connectivity index (χ1) is 12.0. The Kier molecular flexibility index (Phi) is 5.17. The van der Waals surface area contributed by atoms with Crippen molar-refractivity contribution in [3.8, 4) is 0 Å². The van der Waals surface area contributed by atoms with Gasteiger partial charge in [-0.15, -0.1) is 0 Å². The molecular weight excluding hydrogens is 312 g/mol. The Hall–Kier alpha value is -2.62. The van der Waals surface area contributed by atoms with E-state index >= 15 is 0 Å². The van der Waals surface area contributed by atoms with E-state index in [4.69, 9.17) is 0 Å². The summed E-state index contributed by atoms with van der Waals surface area (Å²) in [5, 5.41) is 2.97. The number of nitrogens with zero attached hydrogens (tertiary/aromatic N) is 1. The molecule has 2 aromatic carbocycles. The summed E-state index contributed by atoms with van der Waals surface area (Å²) in [4.78, 5) is 26.4. The Bertz CT molecular complexity index is 771. The zero-order valence-electron chi connectivity index (χ0n) is 14.8. The number of carbonyl (C=O) groups excluding carboxylic acids is 2. The highest BCUT2D eigenvalue weighted by Gasteiger charge is 2.35. The maximum atomic E-state index is 12.4. The highest BCUT2D eigenvalue weighted by atomic mass is 16.2. The molecule has 2 amide bonds. The fraction of sp³-hybridized carbons (Fsp3) is 0.333. The van der Waals surface area contributed by atoms with Gasteiger partial charge in [-0.05, 0) is 49.1 Å². The molecule has 1 atom stereocenters. The summed E-state index contributed by atoms with van der Waals surface area (Å²) < 4.78 is 0. The quantitative estimate of drug-likeness (QED) is 0.912. The molecule has 0 spiro atoms. The number of carbonyl (C=O) groups is 2. The van der Waals surface area contributed by atoms with E-state index in [-0.39, 0.29) is 24.2 Å². The molecule has 1 aliphatic heterocycles. The predicted molar refractivity (Wildman–Crippen MR) is 99.5 cm³/mol. The number of rotatable bonds is 5. The Morgan fingerprint density at radius 3 is 2.60 bits per heavy atom. The molecule has 4 heteroatoms.